The van der Waals surface area contributed by atoms with E-state index in [1.807, 2.05) is 0 Å². The lowest BCUT2D eigenvalue weighted by atomic mass is 9.75. The smallest absolute Gasteiger partial charge is 0.0231 e. The largest absolute Gasteiger partial charge is 0.0851 e. The average molecular weight is 279 g/mol. The number of hydrogen-bond acceptors (Lipinski definition) is 0. The molecule has 1 fully saturated rings. The molecule has 0 heterocycles. The van der Waals surface area contributed by atoms with Gasteiger partial charge >= 0.3 is 0 Å². The van der Waals surface area contributed by atoms with Crippen LogP contribution in [0.15, 0.2) is 12.2 Å². The number of hydrogen-bond donors (Lipinski definition) is 0. The molecular formula is C20H38. The van der Waals surface area contributed by atoms with Crippen molar-refractivity contribution in [3.63, 3.8) is 0 Å². The number of allylic oxidation sites excluding steroid dienone is 2. The van der Waals surface area contributed by atoms with Gasteiger partial charge in [0.05, 0.1) is 0 Å². The van der Waals surface area contributed by atoms with Crippen molar-refractivity contribution in [1.29, 1.82) is 0 Å². The van der Waals surface area contributed by atoms with Gasteiger partial charge in [0.25, 0.3) is 0 Å². The maximum absolute atomic E-state index is 2.56. The van der Waals surface area contributed by atoms with Crippen molar-refractivity contribution in [2.75, 3.05) is 0 Å². The highest BCUT2D eigenvalue weighted by Gasteiger charge is 2.30. The minimum atomic E-state index is 0.540. The first kappa shape index (κ1) is 17.8. The van der Waals surface area contributed by atoms with Crippen molar-refractivity contribution in [1.82, 2.24) is 0 Å². The van der Waals surface area contributed by atoms with Crippen molar-refractivity contribution in [2.24, 2.45) is 35.0 Å². The molecule has 0 aromatic rings. The van der Waals surface area contributed by atoms with Gasteiger partial charge in [-0.15, -0.1) is 0 Å². The van der Waals surface area contributed by atoms with Crippen LogP contribution in [0.5, 0.6) is 0 Å². The van der Waals surface area contributed by atoms with E-state index in [1.54, 1.807) is 0 Å². The normalized spacial score (nSPS) is 31.8. The molecule has 20 heavy (non-hydrogen) atoms. The molecule has 0 spiro atoms. The van der Waals surface area contributed by atoms with Crippen molar-refractivity contribution >= 4 is 0 Å². The Bertz CT molecular complexity index is 299. The molecule has 1 rings (SSSR count). The van der Waals surface area contributed by atoms with Crippen LogP contribution in [0.3, 0.4) is 0 Å². The molecule has 0 N–H and O–H groups in total. The van der Waals surface area contributed by atoms with Crippen LogP contribution in [0.25, 0.3) is 0 Å². The molecule has 1 saturated carbocycles. The van der Waals surface area contributed by atoms with Gasteiger partial charge in [0.2, 0.25) is 0 Å². The zero-order chi connectivity index (χ0) is 15.3. The van der Waals surface area contributed by atoms with Gasteiger partial charge in [-0.05, 0) is 54.3 Å². The maximum atomic E-state index is 2.56. The predicted octanol–water partition coefficient (Wildman–Crippen LogP) is 6.71. The van der Waals surface area contributed by atoms with Gasteiger partial charge in [0.1, 0.15) is 0 Å². The summed E-state index contributed by atoms with van der Waals surface area (Å²) >= 11 is 0. The van der Waals surface area contributed by atoms with Crippen molar-refractivity contribution in [2.45, 2.75) is 80.6 Å². The SMILES string of the molecule is CCC(C)C(C)C(C)C=CC1CCCC(C)(C)C(C)C1. The first-order valence-electron chi connectivity index (χ1n) is 8.96. The van der Waals surface area contributed by atoms with Gasteiger partial charge in [-0.2, -0.15) is 0 Å². The lowest BCUT2D eigenvalue weighted by Gasteiger charge is -2.30. The summed E-state index contributed by atoms with van der Waals surface area (Å²) < 4.78 is 0. The molecule has 0 nitrogen and oxygen atoms in total. The van der Waals surface area contributed by atoms with Gasteiger partial charge < -0.3 is 0 Å². The summed E-state index contributed by atoms with van der Waals surface area (Å²) in [7, 11) is 0. The monoisotopic (exact) mass is 278 g/mol. The molecule has 1 aliphatic carbocycles. The summed E-state index contributed by atoms with van der Waals surface area (Å²) in [6, 6.07) is 0. The molecule has 0 aromatic carbocycles. The Morgan fingerprint density at radius 2 is 1.85 bits per heavy atom. The van der Waals surface area contributed by atoms with E-state index in [1.165, 1.54) is 32.1 Å². The van der Waals surface area contributed by atoms with E-state index in [2.05, 4.69) is 60.6 Å². The van der Waals surface area contributed by atoms with Crippen molar-refractivity contribution in [3.8, 4) is 0 Å². The molecule has 0 radical (unpaired) electrons. The summed E-state index contributed by atoms with van der Waals surface area (Å²) in [5, 5.41) is 0. The molecule has 0 amide bonds. The van der Waals surface area contributed by atoms with Crippen LogP contribution in [0.1, 0.15) is 80.6 Å². The molecule has 118 valence electrons. The van der Waals surface area contributed by atoms with Crippen LogP contribution in [0.4, 0.5) is 0 Å². The van der Waals surface area contributed by atoms with E-state index in [0.29, 0.717) is 5.41 Å². The Labute approximate surface area is 128 Å². The van der Waals surface area contributed by atoms with E-state index in [9.17, 15) is 0 Å². The lowest BCUT2D eigenvalue weighted by molar-refractivity contribution is 0.209. The fourth-order valence-corrected chi connectivity index (χ4v) is 3.53. The van der Waals surface area contributed by atoms with Crippen molar-refractivity contribution < 1.29 is 0 Å². The summed E-state index contributed by atoms with van der Waals surface area (Å²) in [6.07, 6.45) is 12.0. The lowest BCUT2D eigenvalue weighted by Crippen LogP contribution is -2.20. The Morgan fingerprint density at radius 3 is 2.45 bits per heavy atom. The van der Waals surface area contributed by atoms with E-state index >= 15 is 0 Å². The molecule has 5 atom stereocenters. The van der Waals surface area contributed by atoms with Gasteiger partial charge in [0, 0.05) is 0 Å². The second kappa shape index (κ2) is 7.66. The third-order valence-electron chi connectivity index (χ3n) is 6.44. The highest BCUT2D eigenvalue weighted by molar-refractivity contribution is 4.96. The highest BCUT2D eigenvalue weighted by Crippen LogP contribution is 2.41. The van der Waals surface area contributed by atoms with Crippen LogP contribution in [-0.2, 0) is 0 Å². The zero-order valence-electron chi connectivity index (χ0n) is 15.1. The van der Waals surface area contributed by atoms with E-state index in [4.69, 9.17) is 0 Å². The first-order chi connectivity index (χ1) is 9.27. The van der Waals surface area contributed by atoms with Gasteiger partial charge in [0.15, 0.2) is 0 Å². The van der Waals surface area contributed by atoms with Crippen LogP contribution in [0, 0.1) is 35.0 Å². The Balaban J connectivity index is 2.57. The van der Waals surface area contributed by atoms with Gasteiger partial charge in [-0.25, -0.2) is 0 Å². The molecule has 1 aliphatic rings. The average Bonchev–Trinajstić information content (AvgIpc) is 2.53. The summed E-state index contributed by atoms with van der Waals surface area (Å²) in [5.74, 6) is 4.02. The van der Waals surface area contributed by atoms with Crippen LogP contribution < -0.4 is 0 Å². The van der Waals surface area contributed by atoms with Gasteiger partial charge in [-0.3, -0.25) is 0 Å². The molecule has 0 aliphatic heterocycles. The topological polar surface area (TPSA) is 0 Å². The molecular weight excluding hydrogens is 240 g/mol. The van der Waals surface area contributed by atoms with Crippen LogP contribution in [0.2, 0.25) is 0 Å². The Hall–Kier alpha value is -0.260. The zero-order valence-corrected chi connectivity index (χ0v) is 15.1. The Kier molecular flexibility index (Phi) is 6.82. The summed E-state index contributed by atoms with van der Waals surface area (Å²) in [5.41, 5.74) is 0.540. The number of rotatable bonds is 5. The standard InChI is InChI=1S/C20H38/c1-8-15(2)18(5)16(3)11-12-19-10-9-13-20(6,7)17(4)14-19/h11-12,15-19H,8-10,13-14H2,1-7H3. The third-order valence-corrected chi connectivity index (χ3v) is 6.44. The predicted molar refractivity (Wildman–Crippen MR) is 91.8 cm³/mol. The van der Waals surface area contributed by atoms with Crippen LogP contribution >= 0.6 is 0 Å². The summed E-state index contributed by atoms with van der Waals surface area (Å²) in [6.45, 7) is 16.9. The minimum absolute atomic E-state index is 0.540. The maximum Gasteiger partial charge on any atom is -0.0231 e. The molecule has 0 saturated heterocycles. The fourth-order valence-electron chi connectivity index (χ4n) is 3.53. The summed E-state index contributed by atoms with van der Waals surface area (Å²) in [4.78, 5) is 0. The molecule has 0 aromatic heterocycles. The third kappa shape index (κ3) is 4.93. The second-order valence-electron chi connectivity index (χ2n) is 8.27. The highest BCUT2D eigenvalue weighted by atomic mass is 14.4. The van der Waals surface area contributed by atoms with E-state index in [-0.39, 0.29) is 0 Å². The van der Waals surface area contributed by atoms with Gasteiger partial charge in [-0.1, -0.05) is 73.5 Å². The molecule has 5 unspecified atom stereocenters. The van der Waals surface area contributed by atoms with Crippen LogP contribution in [-0.4, -0.2) is 0 Å². The second-order valence-corrected chi connectivity index (χ2v) is 8.27. The fraction of sp³-hybridized carbons (Fsp3) is 0.900. The van der Waals surface area contributed by atoms with E-state index in [0.717, 1.165) is 29.6 Å². The molecule has 0 heteroatoms. The van der Waals surface area contributed by atoms with E-state index < -0.39 is 0 Å². The Morgan fingerprint density at radius 1 is 1.20 bits per heavy atom. The van der Waals surface area contributed by atoms with Crippen molar-refractivity contribution in [3.05, 3.63) is 12.2 Å². The quantitative estimate of drug-likeness (QED) is 0.387. The molecule has 0 bridgehead atoms. The first-order valence-corrected chi connectivity index (χ1v) is 8.96. The minimum Gasteiger partial charge on any atom is -0.0851 e.